The third-order valence-electron chi connectivity index (χ3n) is 4.39. The molecule has 0 bridgehead atoms. The second-order valence-corrected chi connectivity index (χ2v) is 5.92. The van der Waals surface area contributed by atoms with Crippen molar-refractivity contribution in [2.45, 2.75) is 52.9 Å². The van der Waals surface area contributed by atoms with Crippen molar-refractivity contribution >= 4 is 0 Å². The molecule has 1 nitrogen and oxygen atoms in total. The van der Waals surface area contributed by atoms with Gasteiger partial charge in [0.15, 0.2) is 0 Å². The molecule has 1 aliphatic carbocycles. The van der Waals surface area contributed by atoms with Crippen LogP contribution >= 0.6 is 0 Å². The maximum absolute atomic E-state index is 9.71. The van der Waals surface area contributed by atoms with E-state index in [4.69, 9.17) is 0 Å². The summed E-state index contributed by atoms with van der Waals surface area (Å²) in [4.78, 5) is 0. The van der Waals surface area contributed by atoms with Crippen molar-refractivity contribution in [3.8, 4) is 0 Å². The molecule has 1 fully saturated rings. The first-order valence-electron chi connectivity index (χ1n) is 6.74. The number of benzene rings is 1. The first-order valence-corrected chi connectivity index (χ1v) is 6.74. The van der Waals surface area contributed by atoms with Crippen molar-refractivity contribution in [3.63, 3.8) is 0 Å². The van der Waals surface area contributed by atoms with Gasteiger partial charge in [0.25, 0.3) is 0 Å². The Morgan fingerprint density at radius 2 is 1.59 bits per heavy atom. The van der Waals surface area contributed by atoms with Crippen LogP contribution in [-0.2, 0) is 6.42 Å². The summed E-state index contributed by atoms with van der Waals surface area (Å²) in [5.41, 5.74) is 5.76. The van der Waals surface area contributed by atoms with Gasteiger partial charge in [0.2, 0.25) is 0 Å². The minimum absolute atomic E-state index is 0.171. The summed E-state index contributed by atoms with van der Waals surface area (Å²) < 4.78 is 0. The van der Waals surface area contributed by atoms with Gasteiger partial charge in [-0.25, -0.2) is 0 Å². The standard InChI is InChI=1S/C16H24O/c1-12-8-13(2)15(14(3)9-12)10-16(11-17)6-4-5-7-16/h8-9,17H,4-7,10-11H2,1-3H3. The molecular formula is C16H24O. The van der Waals surface area contributed by atoms with E-state index in [9.17, 15) is 5.11 Å². The predicted molar refractivity (Wildman–Crippen MR) is 72.3 cm³/mol. The summed E-state index contributed by atoms with van der Waals surface area (Å²) in [7, 11) is 0. The highest BCUT2D eigenvalue weighted by Gasteiger charge is 2.33. The van der Waals surface area contributed by atoms with Crippen LogP contribution in [0.25, 0.3) is 0 Å². The fourth-order valence-electron chi connectivity index (χ4n) is 3.38. The molecule has 1 aliphatic rings. The highest BCUT2D eigenvalue weighted by atomic mass is 16.3. The van der Waals surface area contributed by atoms with E-state index in [0.29, 0.717) is 6.61 Å². The summed E-state index contributed by atoms with van der Waals surface area (Å²) in [6.07, 6.45) is 6.00. The van der Waals surface area contributed by atoms with Crippen LogP contribution < -0.4 is 0 Å². The third-order valence-corrected chi connectivity index (χ3v) is 4.39. The minimum atomic E-state index is 0.171. The first kappa shape index (κ1) is 12.6. The lowest BCUT2D eigenvalue weighted by molar-refractivity contribution is 0.130. The second-order valence-electron chi connectivity index (χ2n) is 5.92. The highest BCUT2D eigenvalue weighted by molar-refractivity contribution is 5.38. The molecule has 0 saturated heterocycles. The van der Waals surface area contributed by atoms with Crippen LogP contribution in [0.1, 0.15) is 47.9 Å². The van der Waals surface area contributed by atoms with Gasteiger partial charge in [-0.2, -0.15) is 0 Å². The molecule has 1 saturated carbocycles. The van der Waals surface area contributed by atoms with E-state index >= 15 is 0 Å². The Labute approximate surface area is 105 Å². The van der Waals surface area contributed by atoms with Gasteiger partial charge in [-0.05, 0) is 62.1 Å². The molecule has 0 aromatic heterocycles. The minimum Gasteiger partial charge on any atom is -0.396 e. The van der Waals surface area contributed by atoms with Crippen molar-refractivity contribution in [1.29, 1.82) is 0 Å². The van der Waals surface area contributed by atoms with E-state index in [1.807, 2.05) is 0 Å². The second kappa shape index (κ2) is 4.81. The Balaban J connectivity index is 2.29. The molecule has 0 unspecified atom stereocenters. The van der Waals surface area contributed by atoms with E-state index in [1.165, 1.54) is 47.9 Å². The van der Waals surface area contributed by atoms with Crippen molar-refractivity contribution < 1.29 is 5.11 Å². The number of rotatable bonds is 3. The van der Waals surface area contributed by atoms with Gasteiger partial charge in [-0.1, -0.05) is 30.5 Å². The Kier molecular flexibility index (Phi) is 3.58. The Morgan fingerprint density at radius 3 is 2.06 bits per heavy atom. The first-order chi connectivity index (χ1) is 8.06. The van der Waals surface area contributed by atoms with Crippen molar-refractivity contribution in [2.75, 3.05) is 6.61 Å². The molecular weight excluding hydrogens is 208 g/mol. The number of hydrogen-bond acceptors (Lipinski definition) is 1. The maximum atomic E-state index is 9.71. The molecule has 0 heterocycles. The van der Waals surface area contributed by atoms with Crippen LogP contribution in [0.15, 0.2) is 12.1 Å². The zero-order chi connectivity index (χ0) is 12.5. The van der Waals surface area contributed by atoms with Gasteiger partial charge >= 0.3 is 0 Å². The van der Waals surface area contributed by atoms with E-state index in [-0.39, 0.29) is 5.41 Å². The SMILES string of the molecule is Cc1cc(C)c(CC2(CO)CCCC2)c(C)c1. The Hall–Kier alpha value is -0.820. The fourth-order valence-corrected chi connectivity index (χ4v) is 3.38. The molecule has 0 spiro atoms. The molecule has 1 heteroatoms. The van der Waals surface area contributed by atoms with Gasteiger partial charge in [-0.15, -0.1) is 0 Å². The predicted octanol–water partition coefficient (Wildman–Crippen LogP) is 3.71. The summed E-state index contributed by atoms with van der Waals surface area (Å²) in [6, 6.07) is 4.53. The van der Waals surface area contributed by atoms with Gasteiger partial charge in [-0.3, -0.25) is 0 Å². The van der Waals surface area contributed by atoms with E-state index in [0.717, 1.165) is 6.42 Å². The number of aliphatic hydroxyl groups is 1. The average molecular weight is 232 g/mol. The normalized spacial score (nSPS) is 18.6. The molecule has 0 amide bonds. The average Bonchev–Trinajstić information content (AvgIpc) is 2.73. The van der Waals surface area contributed by atoms with Gasteiger partial charge < -0.3 is 5.11 Å². The largest absolute Gasteiger partial charge is 0.396 e. The number of hydrogen-bond donors (Lipinski definition) is 1. The molecule has 17 heavy (non-hydrogen) atoms. The number of aliphatic hydroxyl groups excluding tert-OH is 1. The van der Waals surface area contributed by atoms with E-state index in [1.54, 1.807) is 0 Å². The van der Waals surface area contributed by atoms with Crippen LogP contribution in [0.5, 0.6) is 0 Å². The summed E-state index contributed by atoms with van der Waals surface area (Å²) in [5.74, 6) is 0. The third kappa shape index (κ3) is 2.55. The smallest absolute Gasteiger partial charge is 0.0490 e. The lowest BCUT2D eigenvalue weighted by Gasteiger charge is -2.28. The van der Waals surface area contributed by atoms with Crippen LogP contribution in [0.2, 0.25) is 0 Å². The van der Waals surface area contributed by atoms with Gasteiger partial charge in [0, 0.05) is 6.61 Å². The zero-order valence-electron chi connectivity index (χ0n) is 11.3. The maximum Gasteiger partial charge on any atom is 0.0490 e. The Morgan fingerprint density at radius 1 is 1.06 bits per heavy atom. The summed E-state index contributed by atoms with van der Waals surface area (Å²) >= 11 is 0. The van der Waals surface area contributed by atoms with Crippen molar-refractivity contribution in [2.24, 2.45) is 5.41 Å². The monoisotopic (exact) mass is 232 g/mol. The van der Waals surface area contributed by atoms with Crippen molar-refractivity contribution in [3.05, 3.63) is 34.4 Å². The molecule has 1 aromatic carbocycles. The van der Waals surface area contributed by atoms with Gasteiger partial charge in [0.05, 0.1) is 0 Å². The van der Waals surface area contributed by atoms with E-state index in [2.05, 4.69) is 32.9 Å². The van der Waals surface area contributed by atoms with E-state index < -0.39 is 0 Å². The van der Waals surface area contributed by atoms with Crippen LogP contribution in [0, 0.1) is 26.2 Å². The Bertz CT molecular complexity index is 377. The summed E-state index contributed by atoms with van der Waals surface area (Å²) in [6.45, 7) is 6.91. The summed E-state index contributed by atoms with van der Waals surface area (Å²) in [5, 5.41) is 9.71. The topological polar surface area (TPSA) is 20.2 Å². The molecule has 1 N–H and O–H groups in total. The lowest BCUT2D eigenvalue weighted by atomic mass is 9.78. The van der Waals surface area contributed by atoms with Crippen LogP contribution in [-0.4, -0.2) is 11.7 Å². The number of aryl methyl sites for hydroxylation is 3. The quantitative estimate of drug-likeness (QED) is 0.842. The van der Waals surface area contributed by atoms with Crippen molar-refractivity contribution in [1.82, 2.24) is 0 Å². The van der Waals surface area contributed by atoms with Gasteiger partial charge in [0.1, 0.15) is 0 Å². The molecule has 94 valence electrons. The molecule has 0 radical (unpaired) electrons. The molecule has 0 aliphatic heterocycles. The molecule has 0 atom stereocenters. The highest BCUT2D eigenvalue weighted by Crippen LogP contribution is 2.41. The molecule has 2 rings (SSSR count). The van der Waals surface area contributed by atoms with Crippen LogP contribution in [0.4, 0.5) is 0 Å². The lowest BCUT2D eigenvalue weighted by Crippen LogP contribution is -2.25. The zero-order valence-corrected chi connectivity index (χ0v) is 11.3. The fraction of sp³-hybridized carbons (Fsp3) is 0.625. The van der Waals surface area contributed by atoms with Crippen LogP contribution in [0.3, 0.4) is 0 Å². The molecule has 1 aromatic rings.